The summed E-state index contributed by atoms with van der Waals surface area (Å²) in [5.74, 6) is -0.195. The van der Waals surface area contributed by atoms with Gasteiger partial charge < -0.3 is 15.0 Å². The first-order valence-corrected chi connectivity index (χ1v) is 10.2. The molecule has 158 valence electrons. The second-order valence-electron chi connectivity index (χ2n) is 8.45. The summed E-state index contributed by atoms with van der Waals surface area (Å²) in [6.07, 6.45) is 1.43. The molecule has 6 heteroatoms. The van der Waals surface area contributed by atoms with Crippen LogP contribution in [-0.2, 0) is 15.0 Å². The lowest BCUT2D eigenvalue weighted by Gasteiger charge is -2.19. The van der Waals surface area contributed by atoms with Gasteiger partial charge >= 0.3 is 5.97 Å². The zero-order valence-electron chi connectivity index (χ0n) is 17.7. The minimum absolute atomic E-state index is 0.0259. The minimum Gasteiger partial charge on any atom is -0.426 e. The lowest BCUT2D eigenvalue weighted by molar-refractivity contribution is -0.134. The molecule has 2 aromatic rings. The van der Waals surface area contributed by atoms with Crippen LogP contribution in [0.5, 0.6) is 5.75 Å². The van der Waals surface area contributed by atoms with Gasteiger partial charge in [-0.15, -0.1) is 0 Å². The second-order valence-corrected chi connectivity index (χ2v) is 8.45. The Balaban J connectivity index is 1.48. The highest BCUT2D eigenvalue weighted by Gasteiger charge is 2.22. The number of anilines is 1. The van der Waals surface area contributed by atoms with Crippen molar-refractivity contribution in [1.82, 2.24) is 5.32 Å². The molecule has 2 aromatic carbocycles. The van der Waals surface area contributed by atoms with Gasteiger partial charge in [0.1, 0.15) is 5.75 Å². The van der Waals surface area contributed by atoms with Crippen molar-refractivity contribution >= 4 is 23.5 Å². The smallest absolute Gasteiger partial charge is 0.312 e. The van der Waals surface area contributed by atoms with E-state index in [1.807, 2.05) is 18.2 Å². The molecule has 0 radical (unpaired) electrons. The third-order valence-corrected chi connectivity index (χ3v) is 5.06. The van der Waals surface area contributed by atoms with Crippen LogP contribution in [0.15, 0.2) is 48.5 Å². The fourth-order valence-electron chi connectivity index (χ4n) is 3.32. The summed E-state index contributed by atoms with van der Waals surface area (Å²) in [6.45, 7) is 7.22. The summed E-state index contributed by atoms with van der Waals surface area (Å²) in [5.41, 5.74) is 2.47. The van der Waals surface area contributed by atoms with Crippen molar-refractivity contribution in [2.45, 2.75) is 45.4 Å². The monoisotopic (exact) mass is 408 g/mol. The summed E-state index contributed by atoms with van der Waals surface area (Å²) in [6, 6.07) is 14.4. The molecule has 6 nitrogen and oxygen atoms in total. The Morgan fingerprint density at radius 3 is 2.47 bits per heavy atom. The Kier molecular flexibility index (Phi) is 6.55. The van der Waals surface area contributed by atoms with Gasteiger partial charge in [-0.2, -0.15) is 0 Å². The standard InChI is InChI=1S/C24H28N2O4/c1-24(2,3)18-11-9-17(10-12-18)23(29)25-14-13-22(28)30-20-7-4-6-19(16-20)26-15-5-8-21(26)27/h4,6-7,9-12,16H,5,8,13-15H2,1-3H3,(H,25,29). The van der Waals surface area contributed by atoms with Crippen molar-refractivity contribution < 1.29 is 19.1 Å². The predicted octanol–water partition coefficient (Wildman–Crippen LogP) is 3.84. The van der Waals surface area contributed by atoms with E-state index < -0.39 is 5.97 Å². The molecule has 1 heterocycles. The number of carbonyl (C=O) groups is 3. The van der Waals surface area contributed by atoms with Crippen molar-refractivity contribution in [3.05, 3.63) is 59.7 Å². The van der Waals surface area contributed by atoms with E-state index in [2.05, 4.69) is 26.1 Å². The molecule has 1 aliphatic heterocycles. The topological polar surface area (TPSA) is 75.7 Å². The fraction of sp³-hybridized carbons (Fsp3) is 0.375. The summed E-state index contributed by atoms with van der Waals surface area (Å²) >= 11 is 0. The first kappa shape index (κ1) is 21.6. The van der Waals surface area contributed by atoms with Crippen LogP contribution in [0.2, 0.25) is 0 Å². The van der Waals surface area contributed by atoms with E-state index in [1.165, 1.54) is 0 Å². The van der Waals surface area contributed by atoms with E-state index in [0.29, 0.717) is 24.3 Å². The number of rotatable bonds is 6. The maximum absolute atomic E-state index is 12.3. The van der Waals surface area contributed by atoms with Gasteiger partial charge in [0.25, 0.3) is 5.91 Å². The Morgan fingerprint density at radius 2 is 1.83 bits per heavy atom. The molecule has 0 bridgehead atoms. The quantitative estimate of drug-likeness (QED) is 0.582. The number of ether oxygens (including phenoxy) is 1. The molecular weight excluding hydrogens is 380 g/mol. The summed E-state index contributed by atoms with van der Waals surface area (Å²) in [7, 11) is 0. The molecule has 1 aliphatic rings. The third kappa shape index (κ3) is 5.47. The Labute approximate surface area is 177 Å². The van der Waals surface area contributed by atoms with Crippen LogP contribution in [0.4, 0.5) is 5.69 Å². The number of esters is 1. The highest BCUT2D eigenvalue weighted by atomic mass is 16.5. The third-order valence-electron chi connectivity index (χ3n) is 5.06. The van der Waals surface area contributed by atoms with Crippen molar-refractivity contribution in [2.24, 2.45) is 0 Å². The maximum atomic E-state index is 12.3. The second kappa shape index (κ2) is 9.11. The molecule has 0 saturated carbocycles. The molecular formula is C24H28N2O4. The van der Waals surface area contributed by atoms with Gasteiger partial charge in [-0.1, -0.05) is 39.0 Å². The fourth-order valence-corrected chi connectivity index (χ4v) is 3.32. The van der Waals surface area contributed by atoms with Gasteiger partial charge in [0.2, 0.25) is 5.91 Å². The van der Waals surface area contributed by atoms with Gasteiger partial charge in [0, 0.05) is 36.8 Å². The molecule has 0 unspecified atom stereocenters. The Bertz CT molecular complexity index is 929. The molecule has 2 amide bonds. The van der Waals surface area contributed by atoms with Crippen molar-refractivity contribution in [3.8, 4) is 5.75 Å². The van der Waals surface area contributed by atoms with Crippen molar-refractivity contribution in [1.29, 1.82) is 0 Å². The number of hydrogen-bond donors (Lipinski definition) is 1. The van der Waals surface area contributed by atoms with E-state index >= 15 is 0 Å². The number of amides is 2. The van der Waals surface area contributed by atoms with Crippen LogP contribution >= 0.6 is 0 Å². The van der Waals surface area contributed by atoms with Crippen molar-refractivity contribution in [3.63, 3.8) is 0 Å². The van der Waals surface area contributed by atoms with E-state index in [0.717, 1.165) is 17.7 Å². The first-order valence-electron chi connectivity index (χ1n) is 10.2. The summed E-state index contributed by atoms with van der Waals surface area (Å²) in [4.78, 5) is 38.0. The van der Waals surface area contributed by atoms with Gasteiger partial charge in [0.05, 0.1) is 6.42 Å². The molecule has 30 heavy (non-hydrogen) atoms. The summed E-state index contributed by atoms with van der Waals surface area (Å²) in [5, 5.41) is 2.74. The number of nitrogens with one attached hydrogen (secondary N) is 1. The Hall–Kier alpha value is -3.15. The van der Waals surface area contributed by atoms with Crippen LogP contribution < -0.4 is 15.0 Å². The SMILES string of the molecule is CC(C)(C)c1ccc(C(=O)NCCC(=O)Oc2cccc(N3CCCC3=O)c2)cc1. The van der Waals surface area contributed by atoms with E-state index in [-0.39, 0.29) is 30.2 Å². The molecule has 1 N–H and O–H groups in total. The lowest BCUT2D eigenvalue weighted by Crippen LogP contribution is -2.27. The molecule has 0 spiro atoms. The normalized spacial score (nSPS) is 14.0. The molecule has 1 fully saturated rings. The minimum atomic E-state index is -0.441. The first-order chi connectivity index (χ1) is 14.2. The van der Waals surface area contributed by atoms with Gasteiger partial charge in [-0.05, 0) is 41.7 Å². The highest BCUT2D eigenvalue weighted by Crippen LogP contribution is 2.25. The van der Waals surface area contributed by atoms with E-state index in [4.69, 9.17) is 4.74 Å². The Morgan fingerprint density at radius 1 is 1.10 bits per heavy atom. The number of benzene rings is 2. The average molecular weight is 408 g/mol. The number of nitrogens with zero attached hydrogens (tertiary/aromatic N) is 1. The molecule has 0 aliphatic carbocycles. The van der Waals surface area contributed by atoms with Crippen LogP contribution in [0, 0.1) is 0 Å². The van der Waals surface area contributed by atoms with E-state index in [9.17, 15) is 14.4 Å². The summed E-state index contributed by atoms with van der Waals surface area (Å²) < 4.78 is 5.36. The van der Waals surface area contributed by atoms with Crippen LogP contribution in [0.1, 0.15) is 56.0 Å². The van der Waals surface area contributed by atoms with Gasteiger partial charge in [0.15, 0.2) is 0 Å². The molecule has 3 rings (SSSR count). The number of carbonyl (C=O) groups excluding carboxylic acids is 3. The van der Waals surface area contributed by atoms with Gasteiger partial charge in [-0.3, -0.25) is 14.4 Å². The number of hydrogen-bond acceptors (Lipinski definition) is 4. The molecule has 1 saturated heterocycles. The molecule has 0 atom stereocenters. The highest BCUT2D eigenvalue weighted by molar-refractivity contribution is 5.95. The zero-order chi connectivity index (χ0) is 21.7. The lowest BCUT2D eigenvalue weighted by atomic mass is 9.87. The average Bonchev–Trinajstić information content (AvgIpc) is 3.13. The molecule has 0 aromatic heterocycles. The van der Waals surface area contributed by atoms with Crippen LogP contribution in [0.3, 0.4) is 0 Å². The van der Waals surface area contributed by atoms with Crippen molar-refractivity contribution in [2.75, 3.05) is 18.0 Å². The van der Waals surface area contributed by atoms with Crippen LogP contribution in [0.25, 0.3) is 0 Å². The largest absolute Gasteiger partial charge is 0.426 e. The van der Waals surface area contributed by atoms with Crippen LogP contribution in [-0.4, -0.2) is 30.9 Å². The van der Waals surface area contributed by atoms with Gasteiger partial charge in [-0.25, -0.2) is 0 Å². The zero-order valence-corrected chi connectivity index (χ0v) is 17.7. The predicted molar refractivity (Wildman–Crippen MR) is 116 cm³/mol. The van der Waals surface area contributed by atoms with E-state index in [1.54, 1.807) is 35.2 Å². The maximum Gasteiger partial charge on any atom is 0.312 e.